The Balaban J connectivity index is 1.53. The Hall–Kier alpha value is -2.63. The number of amides is 2. The Kier molecular flexibility index (Phi) is 3.59. The number of hydrogen-bond acceptors (Lipinski definition) is 3. The first-order valence-corrected chi connectivity index (χ1v) is 8.40. The number of para-hydroxylation sites is 1. The second kappa shape index (κ2) is 5.78. The van der Waals surface area contributed by atoms with E-state index in [1.807, 2.05) is 24.3 Å². The molecule has 1 aromatic carbocycles. The van der Waals surface area contributed by atoms with Gasteiger partial charge in [-0.15, -0.1) is 0 Å². The Morgan fingerprint density at radius 3 is 3.08 bits per heavy atom. The quantitative estimate of drug-likeness (QED) is 0.809. The molecular weight excluding hydrogens is 304 g/mol. The van der Waals surface area contributed by atoms with Gasteiger partial charge >= 0.3 is 0 Å². The smallest absolute Gasteiger partial charge is 0.272 e. The molecule has 0 bridgehead atoms. The van der Waals surface area contributed by atoms with E-state index >= 15 is 0 Å². The maximum absolute atomic E-state index is 12.6. The summed E-state index contributed by atoms with van der Waals surface area (Å²) in [4.78, 5) is 24.3. The Morgan fingerprint density at radius 2 is 2.17 bits per heavy atom. The number of nitrogens with one attached hydrogen (secondary N) is 3. The highest BCUT2D eigenvalue weighted by molar-refractivity contribution is 6.04. The summed E-state index contributed by atoms with van der Waals surface area (Å²) in [6, 6.07) is 7.59. The van der Waals surface area contributed by atoms with Crippen molar-refractivity contribution in [1.82, 2.24) is 20.8 Å². The van der Waals surface area contributed by atoms with Crippen LogP contribution in [0, 0.1) is 5.41 Å². The van der Waals surface area contributed by atoms with Crippen LogP contribution in [0.25, 0.3) is 10.9 Å². The van der Waals surface area contributed by atoms with E-state index < -0.39 is 0 Å². The number of carbonyl (C=O) groups excluding carboxylic acids is 2. The normalized spacial score (nSPS) is 23.3. The van der Waals surface area contributed by atoms with E-state index in [4.69, 9.17) is 0 Å². The van der Waals surface area contributed by atoms with E-state index in [-0.39, 0.29) is 17.2 Å². The number of carbonyl (C=O) groups is 2. The average Bonchev–Trinajstić information content (AvgIpc) is 3.04. The third kappa shape index (κ3) is 2.48. The minimum Gasteiger partial charge on any atom is -0.350 e. The van der Waals surface area contributed by atoms with Crippen molar-refractivity contribution in [3.05, 3.63) is 41.7 Å². The monoisotopic (exact) mass is 324 g/mol. The number of rotatable bonds is 3. The van der Waals surface area contributed by atoms with Crippen LogP contribution < -0.4 is 10.6 Å². The van der Waals surface area contributed by atoms with Crippen molar-refractivity contribution in [3.8, 4) is 0 Å². The van der Waals surface area contributed by atoms with Crippen LogP contribution in [0.3, 0.4) is 0 Å². The Labute approximate surface area is 139 Å². The van der Waals surface area contributed by atoms with Gasteiger partial charge in [-0.1, -0.05) is 24.3 Å². The zero-order valence-corrected chi connectivity index (χ0v) is 13.4. The number of hydrogen-bond donors (Lipinski definition) is 3. The summed E-state index contributed by atoms with van der Waals surface area (Å²) in [7, 11) is 0. The van der Waals surface area contributed by atoms with E-state index in [0.717, 1.165) is 42.3 Å². The molecule has 0 radical (unpaired) electrons. The number of nitrogens with zero attached hydrogens (tertiary/aromatic N) is 1. The van der Waals surface area contributed by atoms with Crippen LogP contribution in [0.4, 0.5) is 0 Å². The second-order valence-electron chi connectivity index (χ2n) is 6.64. The Bertz CT molecular complexity index is 838. The lowest BCUT2D eigenvalue weighted by molar-refractivity contribution is -0.122. The Morgan fingerprint density at radius 1 is 1.29 bits per heavy atom. The number of piperidine rings is 1. The molecule has 0 spiro atoms. The zero-order valence-electron chi connectivity index (χ0n) is 13.4. The van der Waals surface area contributed by atoms with Gasteiger partial charge in [-0.05, 0) is 31.7 Å². The molecule has 1 aliphatic heterocycles. The molecule has 1 unspecified atom stereocenters. The molecule has 3 N–H and O–H groups in total. The van der Waals surface area contributed by atoms with Gasteiger partial charge in [0.05, 0.1) is 5.52 Å². The molecule has 6 nitrogen and oxygen atoms in total. The zero-order chi connectivity index (χ0) is 16.6. The van der Waals surface area contributed by atoms with Crippen LogP contribution in [-0.2, 0) is 4.79 Å². The third-order valence-corrected chi connectivity index (χ3v) is 5.16. The predicted octanol–water partition coefficient (Wildman–Crippen LogP) is 2.26. The lowest BCUT2D eigenvalue weighted by Crippen LogP contribution is -2.48. The van der Waals surface area contributed by atoms with Gasteiger partial charge < -0.3 is 10.6 Å². The largest absolute Gasteiger partial charge is 0.350 e. The van der Waals surface area contributed by atoms with Crippen LogP contribution in [0.2, 0.25) is 0 Å². The lowest BCUT2D eigenvalue weighted by atomic mass is 9.70. The van der Waals surface area contributed by atoms with E-state index in [9.17, 15) is 9.59 Å². The molecule has 1 aromatic heterocycles. The minimum atomic E-state index is -0.177. The fourth-order valence-corrected chi connectivity index (χ4v) is 3.79. The van der Waals surface area contributed by atoms with E-state index in [1.54, 1.807) is 0 Å². The second-order valence-corrected chi connectivity index (χ2v) is 6.64. The van der Waals surface area contributed by atoms with Crippen LogP contribution >= 0.6 is 0 Å². The van der Waals surface area contributed by atoms with Crippen molar-refractivity contribution >= 4 is 22.7 Å². The minimum absolute atomic E-state index is 0.0726. The summed E-state index contributed by atoms with van der Waals surface area (Å²) < 4.78 is 0. The van der Waals surface area contributed by atoms with Gasteiger partial charge in [-0.25, -0.2) is 0 Å². The molecule has 24 heavy (non-hydrogen) atoms. The summed E-state index contributed by atoms with van der Waals surface area (Å²) >= 11 is 0. The number of allylic oxidation sites excluding steroid dienone is 1. The van der Waals surface area contributed by atoms with E-state index in [0.29, 0.717) is 18.7 Å². The number of benzene rings is 1. The third-order valence-electron chi connectivity index (χ3n) is 5.16. The molecule has 4 rings (SSSR count). The molecule has 1 aliphatic carbocycles. The van der Waals surface area contributed by atoms with Gasteiger partial charge in [0.1, 0.15) is 0 Å². The van der Waals surface area contributed by atoms with Gasteiger partial charge in [0.2, 0.25) is 5.91 Å². The van der Waals surface area contributed by atoms with Gasteiger partial charge in [-0.3, -0.25) is 14.7 Å². The SMILES string of the molecule is O=C1CCC2(CNC(=O)c3n[nH]c4ccccc34)CCCC=C2N1. The van der Waals surface area contributed by atoms with Gasteiger partial charge in [0.25, 0.3) is 5.91 Å². The number of aromatic amines is 1. The molecule has 124 valence electrons. The average molecular weight is 324 g/mol. The van der Waals surface area contributed by atoms with Crippen molar-refractivity contribution in [2.45, 2.75) is 32.1 Å². The summed E-state index contributed by atoms with van der Waals surface area (Å²) in [6.07, 6.45) is 6.46. The molecule has 1 fully saturated rings. The number of aromatic nitrogens is 2. The fourth-order valence-electron chi connectivity index (χ4n) is 3.79. The topological polar surface area (TPSA) is 86.9 Å². The van der Waals surface area contributed by atoms with Crippen molar-refractivity contribution in [2.75, 3.05) is 6.54 Å². The van der Waals surface area contributed by atoms with Crippen molar-refractivity contribution in [1.29, 1.82) is 0 Å². The van der Waals surface area contributed by atoms with Gasteiger partial charge in [0, 0.05) is 29.5 Å². The van der Waals surface area contributed by atoms with Gasteiger partial charge in [0.15, 0.2) is 5.69 Å². The molecule has 2 aliphatic rings. The molecule has 1 atom stereocenters. The van der Waals surface area contributed by atoms with Crippen molar-refractivity contribution in [3.63, 3.8) is 0 Å². The van der Waals surface area contributed by atoms with Gasteiger partial charge in [-0.2, -0.15) is 5.10 Å². The molecule has 2 amide bonds. The highest BCUT2D eigenvalue weighted by Gasteiger charge is 2.40. The summed E-state index contributed by atoms with van der Waals surface area (Å²) in [5, 5.41) is 13.9. The van der Waals surface area contributed by atoms with E-state index in [1.165, 1.54) is 0 Å². The molecule has 6 heteroatoms. The molecule has 2 aromatic rings. The fraction of sp³-hybridized carbons (Fsp3) is 0.389. The van der Waals surface area contributed by atoms with Crippen LogP contribution in [-0.4, -0.2) is 28.6 Å². The van der Waals surface area contributed by atoms with Crippen LogP contribution in [0.1, 0.15) is 42.6 Å². The highest BCUT2D eigenvalue weighted by atomic mass is 16.2. The highest BCUT2D eigenvalue weighted by Crippen LogP contribution is 2.42. The van der Waals surface area contributed by atoms with Crippen molar-refractivity contribution < 1.29 is 9.59 Å². The number of H-pyrrole nitrogens is 1. The summed E-state index contributed by atoms with van der Waals surface area (Å²) in [5.74, 6) is -0.105. The molecule has 2 heterocycles. The first kappa shape index (κ1) is 14.9. The summed E-state index contributed by atoms with van der Waals surface area (Å²) in [6.45, 7) is 0.527. The van der Waals surface area contributed by atoms with E-state index in [2.05, 4.69) is 26.9 Å². The first-order valence-electron chi connectivity index (χ1n) is 8.40. The predicted molar refractivity (Wildman–Crippen MR) is 90.2 cm³/mol. The lowest BCUT2D eigenvalue weighted by Gasteiger charge is -2.42. The standard InChI is InChI=1S/C18H20N4O2/c23-15-8-10-18(9-4-3-7-14(18)20-15)11-19-17(24)16-12-5-1-2-6-13(12)21-22-16/h1-2,5-7H,3-4,8-11H2,(H,19,24)(H,20,23)(H,21,22). The maximum atomic E-state index is 12.6. The molecule has 0 saturated carbocycles. The first-order chi connectivity index (χ1) is 11.7. The summed E-state index contributed by atoms with van der Waals surface area (Å²) in [5.41, 5.74) is 2.11. The van der Waals surface area contributed by atoms with Crippen molar-refractivity contribution in [2.24, 2.45) is 5.41 Å². The maximum Gasteiger partial charge on any atom is 0.272 e. The number of fused-ring (bicyclic) bond motifs is 2. The molecular formula is C18H20N4O2. The molecule has 1 saturated heterocycles. The van der Waals surface area contributed by atoms with Crippen LogP contribution in [0.15, 0.2) is 36.0 Å². The van der Waals surface area contributed by atoms with Crippen LogP contribution in [0.5, 0.6) is 0 Å².